The van der Waals surface area contributed by atoms with Crippen LogP contribution in [-0.4, -0.2) is 18.8 Å². The monoisotopic (exact) mass is 323 g/mol. The second-order valence-electron chi connectivity index (χ2n) is 4.49. The first kappa shape index (κ1) is 16.3. The Labute approximate surface area is 131 Å². The highest BCUT2D eigenvalue weighted by Gasteiger charge is 2.08. The number of carbonyl (C=O) groups is 1. The van der Waals surface area contributed by atoms with Crippen LogP contribution < -0.4 is 10.1 Å². The van der Waals surface area contributed by atoms with Gasteiger partial charge < -0.3 is 10.1 Å². The number of nitrogens with one attached hydrogen (secondary N) is 1. The van der Waals surface area contributed by atoms with Gasteiger partial charge in [-0.3, -0.25) is 4.79 Å². The van der Waals surface area contributed by atoms with Crippen molar-refractivity contribution in [3.05, 3.63) is 59.7 Å². The average molecular weight is 323 g/mol. The molecule has 0 heterocycles. The molecule has 0 unspecified atom stereocenters. The number of carbonyl (C=O) groups excluding carboxylic acids is 1. The zero-order valence-corrected chi connectivity index (χ0v) is 12.8. The van der Waals surface area contributed by atoms with E-state index in [0.29, 0.717) is 5.75 Å². The van der Waals surface area contributed by atoms with E-state index in [9.17, 15) is 13.6 Å². The summed E-state index contributed by atoms with van der Waals surface area (Å²) in [6.45, 7) is 0. The summed E-state index contributed by atoms with van der Waals surface area (Å²) in [6, 6.07) is 10.6. The maximum Gasteiger partial charge on any atom is 0.234 e. The Kier molecular flexibility index (Phi) is 5.77. The normalized spacial score (nSPS) is 10.3. The van der Waals surface area contributed by atoms with Crippen molar-refractivity contribution in [2.45, 2.75) is 5.75 Å². The molecule has 0 atom stereocenters. The molecule has 0 aromatic heterocycles. The molecule has 0 spiro atoms. The largest absolute Gasteiger partial charge is 0.494 e. The van der Waals surface area contributed by atoms with Gasteiger partial charge in [0, 0.05) is 5.75 Å². The van der Waals surface area contributed by atoms with Crippen LogP contribution in [0.5, 0.6) is 5.75 Å². The summed E-state index contributed by atoms with van der Waals surface area (Å²) in [4.78, 5) is 11.7. The van der Waals surface area contributed by atoms with Gasteiger partial charge in [0.25, 0.3) is 0 Å². The Morgan fingerprint density at radius 1 is 1.18 bits per heavy atom. The van der Waals surface area contributed by atoms with Crippen molar-refractivity contribution in [1.29, 1.82) is 0 Å². The second kappa shape index (κ2) is 7.79. The molecule has 6 heteroatoms. The molecule has 0 bridgehead atoms. The van der Waals surface area contributed by atoms with Crippen LogP contribution in [0.1, 0.15) is 5.56 Å². The number of benzene rings is 2. The number of hydrogen-bond acceptors (Lipinski definition) is 3. The summed E-state index contributed by atoms with van der Waals surface area (Å²) >= 11 is 1.32. The van der Waals surface area contributed by atoms with Crippen molar-refractivity contribution in [2.24, 2.45) is 0 Å². The highest BCUT2D eigenvalue weighted by atomic mass is 32.2. The number of rotatable bonds is 6. The van der Waals surface area contributed by atoms with Crippen molar-refractivity contribution in [2.75, 3.05) is 18.2 Å². The molecule has 22 heavy (non-hydrogen) atoms. The number of amides is 1. The molecule has 0 radical (unpaired) electrons. The third kappa shape index (κ3) is 4.46. The summed E-state index contributed by atoms with van der Waals surface area (Å²) in [5, 5.41) is 2.50. The van der Waals surface area contributed by atoms with Gasteiger partial charge in [0.15, 0.2) is 11.6 Å². The van der Waals surface area contributed by atoms with Crippen molar-refractivity contribution in [1.82, 2.24) is 0 Å². The molecule has 1 N–H and O–H groups in total. The van der Waals surface area contributed by atoms with Crippen LogP contribution >= 0.6 is 11.8 Å². The van der Waals surface area contributed by atoms with E-state index < -0.39 is 11.6 Å². The van der Waals surface area contributed by atoms with Gasteiger partial charge in [0.1, 0.15) is 5.82 Å². The zero-order valence-electron chi connectivity index (χ0n) is 11.9. The van der Waals surface area contributed by atoms with E-state index in [4.69, 9.17) is 4.74 Å². The smallest absolute Gasteiger partial charge is 0.234 e. The topological polar surface area (TPSA) is 38.3 Å². The molecule has 0 aliphatic carbocycles. The molecule has 2 aromatic rings. The molecule has 1 amide bonds. The molecule has 3 nitrogen and oxygen atoms in total. The van der Waals surface area contributed by atoms with E-state index in [1.54, 1.807) is 24.3 Å². The number of methoxy groups -OCH3 is 1. The number of ether oxygens (including phenoxy) is 1. The Balaban J connectivity index is 1.82. The van der Waals surface area contributed by atoms with Crippen molar-refractivity contribution in [3.63, 3.8) is 0 Å². The van der Waals surface area contributed by atoms with Crippen molar-refractivity contribution < 1.29 is 18.3 Å². The molecule has 0 fully saturated rings. The maximum atomic E-state index is 13.5. The number of hydrogen-bond donors (Lipinski definition) is 1. The molecule has 0 aliphatic heterocycles. The van der Waals surface area contributed by atoms with Crippen molar-refractivity contribution in [3.8, 4) is 5.75 Å². The van der Waals surface area contributed by atoms with Crippen LogP contribution in [0.4, 0.5) is 14.5 Å². The summed E-state index contributed by atoms with van der Waals surface area (Å²) in [5.74, 6) is -0.391. The number of halogens is 2. The summed E-state index contributed by atoms with van der Waals surface area (Å²) in [5.41, 5.74) is 0.908. The van der Waals surface area contributed by atoms with Crippen LogP contribution in [-0.2, 0) is 10.5 Å². The van der Waals surface area contributed by atoms with Crippen LogP contribution in [0.25, 0.3) is 0 Å². The Morgan fingerprint density at radius 3 is 2.64 bits per heavy atom. The molecule has 0 saturated carbocycles. The van der Waals surface area contributed by atoms with E-state index in [1.165, 1.54) is 37.1 Å². The lowest BCUT2D eigenvalue weighted by molar-refractivity contribution is -0.113. The van der Waals surface area contributed by atoms with E-state index >= 15 is 0 Å². The fraction of sp³-hybridized carbons (Fsp3) is 0.188. The second-order valence-corrected chi connectivity index (χ2v) is 5.48. The Morgan fingerprint density at radius 2 is 1.95 bits per heavy atom. The lowest BCUT2D eigenvalue weighted by Gasteiger charge is -2.07. The van der Waals surface area contributed by atoms with Gasteiger partial charge in [-0.15, -0.1) is 11.8 Å². The summed E-state index contributed by atoms with van der Waals surface area (Å²) < 4.78 is 31.7. The van der Waals surface area contributed by atoms with Crippen LogP contribution in [0.15, 0.2) is 42.5 Å². The minimum atomic E-state index is -0.474. The van der Waals surface area contributed by atoms with Gasteiger partial charge in [-0.05, 0) is 29.8 Å². The highest BCUT2D eigenvalue weighted by Crippen LogP contribution is 2.21. The average Bonchev–Trinajstić information content (AvgIpc) is 2.50. The summed E-state index contributed by atoms with van der Waals surface area (Å²) in [6.07, 6.45) is 0. The third-order valence-electron chi connectivity index (χ3n) is 2.87. The standard InChI is InChI=1S/C16H15F2NO2S/c1-21-15-7-6-11(8-13(15)18)9-22-10-16(20)19-14-5-3-2-4-12(14)17/h2-8H,9-10H2,1H3,(H,19,20). The van der Waals surface area contributed by atoms with Gasteiger partial charge in [0.05, 0.1) is 18.6 Å². The van der Waals surface area contributed by atoms with Gasteiger partial charge >= 0.3 is 0 Å². The minimum Gasteiger partial charge on any atom is -0.494 e. The Hall–Kier alpha value is -2.08. The number of thioether (sulfide) groups is 1. The maximum absolute atomic E-state index is 13.5. The predicted molar refractivity (Wildman–Crippen MR) is 84.1 cm³/mol. The molecule has 2 rings (SSSR count). The van der Waals surface area contributed by atoms with E-state index in [1.807, 2.05) is 0 Å². The summed E-state index contributed by atoms with van der Waals surface area (Å²) in [7, 11) is 1.40. The lowest BCUT2D eigenvalue weighted by atomic mass is 10.2. The van der Waals surface area contributed by atoms with Gasteiger partial charge in [-0.1, -0.05) is 18.2 Å². The molecule has 2 aromatic carbocycles. The lowest BCUT2D eigenvalue weighted by Crippen LogP contribution is -2.15. The van der Waals surface area contributed by atoms with E-state index in [-0.39, 0.29) is 23.1 Å². The van der Waals surface area contributed by atoms with Gasteiger partial charge in [0.2, 0.25) is 5.91 Å². The van der Waals surface area contributed by atoms with Gasteiger partial charge in [-0.2, -0.15) is 0 Å². The minimum absolute atomic E-state index is 0.155. The number of para-hydroxylation sites is 1. The third-order valence-corrected chi connectivity index (χ3v) is 3.87. The van der Waals surface area contributed by atoms with E-state index in [2.05, 4.69) is 5.32 Å². The predicted octanol–water partition coefficient (Wildman–Crippen LogP) is 3.85. The number of anilines is 1. The molecule has 0 saturated heterocycles. The van der Waals surface area contributed by atoms with Crippen LogP contribution in [0.2, 0.25) is 0 Å². The fourth-order valence-electron chi connectivity index (χ4n) is 1.81. The first-order valence-electron chi connectivity index (χ1n) is 6.54. The first-order chi connectivity index (χ1) is 10.6. The molecular weight excluding hydrogens is 308 g/mol. The SMILES string of the molecule is COc1ccc(CSCC(=O)Nc2ccccc2F)cc1F. The molecule has 116 valence electrons. The molecule has 0 aliphatic rings. The quantitative estimate of drug-likeness (QED) is 0.877. The van der Waals surface area contributed by atoms with Crippen LogP contribution in [0.3, 0.4) is 0 Å². The fourth-order valence-corrected chi connectivity index (χ4v) is 2.59. The highest BCUT2D eigenvalue weighted by molar-refractivity contribution is 7.99. The van der Waals surface area contributed by atoms with Gasteiger partial charge in [-0.25, -0.2) is 8.78 Å². The first-order valence-corrected chi connectivity index (χ1v) is 7.70. The zero-order chi connectivity index (χ0) is 15.9. The van der Waals surface area contributed by atoms with E-state index in [0.717, 1.165) is 5.56 Å². The van der Waals surface area contributed by atoms with Crippen LogP contribution in [0, 0.1) is 11.6 Å². The Bertz CT molecular complexity index is 664. The van der Waals surface area contributed by atoms with Crippen molar-refractivity contribution >= 4 is 23.4 Å². The molecular formula is C16H15F2NO2S.